The average molecular weight is 182 g/mol. The molecule has 3 heteroatoms. The van der Waals surface area contributed by atoms with E-state index < -0.39 is 0 Å². The number of likely N-dealkylation sites (N-methyl/N-ethyl adjacent to an activating group) is 1. The van der Waals surface area contributed by atoms with Gasteiger partial charge in [-0.2, -0.15) is 0 Å². The zero-order valence-corrected chi connectivity index (χ0v) is 8.58. The minimum atomic E-state index is 0.0390. The van der Waals surface area contributed by atoms with Crippen LogP contribution in [0, 0.1) is 0 Å². The van der Waals surface area contributed by atoms with E-state index in [1.54, 1.807) is 12.5 Å². The maximum Gasteiger partial charge on any atom is 0.0947 e. The molecule has 0 bridgehead atoms. The monoisotopic (exact) mass is 182 g/mol. The summed E-state index contributed by atoms with van der Waals surface area (Å²) in [4.78, 5) is 2.22. The van der Waals surface area contributed by atoms with Crippen molar-refractivity contribution in [2.45, 2.75) is 25.9 Å². The first-order valence-corrected chi connectivity index (χ1v) is 4.48. The molecule has 3 nitrogen and oxygen atoms in total. The Morgan fingerprint density at radius 2 is 2.23 bits per heavy atom. The van der Waals surface area contributed by atoms with Gasteiger partial charge in [-0.3, -0.25) is 4.90 Å². The highest BCUT2D eigenvalue weighted by Gasteiger charge is 2.21. The van der Waals surface area contributed by atoms with E-state index in [0.717, 1.165) is 6.54 Å². The van der Waals surface area contributed by atoms with Crippen LogP contribution >= 0.6 is 0 Å². The van der Waals surface area contributed by atoms with Gasteiger partial charge in [0.15, 0.2) is 0 Å². The third-order valence-electron chi connectivity index (χ3n) is 2.53. The predicted molar refractivity (Wildman–Crippen MR) is 53.3 cm³/mol. The summed E-state index contributed by atoms with van der Waals surface area (Å²) in [6.07, 6.45) is 3.46. The standard InChI is InChI=1S/C10H18N2O/c1-10(2,8-11)12(3)6-9-4-5-13-7-9/h4-5,7H,6,8,11H2,1-3H3. The number of hydrogen-bond donors (Lipinski definition) is 1. The van der Waals surface area contributed by atoms with E-state index in [4.69, 9.17) is 10.2 Å². The number of furan rings is 1. The fourth-order valence-corrected chi connectivity index (χ4v) is 1.03. The minimum absolute atomic E-state index is 0.0390. The van der Waals surface area contributed by atoms with Crippen LogP contribution in [0.1, 0.15) is 19.4 Å². The fourth-order valence-electron chi connectivity index (χ4n) is 1.03. The summed E-state index contributed by atoms with van der Waals surface area (Å²) in [5.41, 5.74) is 6.89. The summed E-state index contributed by atoms with van der Waals surface area (Å²) in [5.74, 6) is 0. The van der Waals surface area contributed by atoms with Gasteiger partial charge in [0.1, 0.15) is 0 Å². The molecule has 0 atom stereocenters. The minimum Gasteiger partial charge on any atom is -0.472 e. The molecular weight excluding hydrogens is 164 g/mol. The molecule has 0 amide bonds. The molecule has 0 aliphatic heterocycles. The lowest BCUT2D eigenvalue weighted by Gasteiger charge is -2.34. The molecule has 1 aromatic rings. The second-order valence-corrected chi connectivity index (χ2v) is 4.00. The Kier molecular flexibility index (Phi) is 3.12. The molecule has 0 aliphatic carbocycles. The van der Waals surface area contributed by atoms with Crippen molar-refractivity contribution in [2.75, 3.05) is 13.6 Å². The molecular formula is C10H18N2O. The third kappa shape index (κ3) is 2.57. The first-order chi connectivity index (χ1) is 6.06. The van der Waals surface area contributed by atoms with Crippen LogP contribution in [-0.2, 0) is 6.54 Å². The topological polar surface area (TPSA) is 42.4 Å². The highest BCUT2D eigenvalue weighted by atomic mass is 16.3. The highest BCUT2D eigenvalue weighted by molar-refractivity contribution is 5.05. The Bertz CT molecular complexity index is 241. The second-order valence-electron chi connectivity index (χ2n) is 4.00. The predicted octanol–water partition coefficient (Wildman–Crippen LogP) is 1.45. The molecule has 1 aromatic heterocycles. The molecule has 0 aromatic carbocycles. The lowest BCUT2D eigenvalue weighted by molar-refractivity contribution is 0.155. The summed E-state index contributed by atoms with van der Waals surface area (Å²) in [6, 6.07) is 1.98. The van der Waals surface area contributed by atoms with Gasteiger partial charge in [0.2, 0.25) is 0 Å². The third-order valence-corrected chi connectivity index (χ3v) is 2.53. The Morgan fingerprint density at radius 1 is 1.54 bits per heavy atom. The summed E-state index contributed by atoms with van der Waals surface area (Å²) in [7, 11) is 2.07. The number of hydrogen-bond acceptors (Lipinski definition) is 3. The van der Waals surface area contributed by atoms with Gasteiger partial charge in [0.05, 0.1) is 12.5 Å². The molecule has 74 valence electrons. The van der Waals surface area contributed by atoms with E-state index >= 15 is 0 Å². The van der Waals surface area contributed by atoms with Gasteiger partial charge < -0.3 is 10.2 Å². The van der Waals surface area contributed by atoms with Gasteiger partial charge in [-0.05, 0) is 27.0 Å². The Morgan fingerprint density at radius 3 is 2.69 bits per heavy atom. The van der Waals surface area contributed by atoms with Crippen molar-refractivity contribution >= 4 is 0 Å². The first-order valence-electron chi connectivity index (χ1n) is 4.48. The second kappa shape index (κ2) is 3.94. The van der Waals surface area contributed by atoms with Gasteiger partial charge in [-0.25, -0.2) is 0 Å². The van der Waals surface area contributed by atoms with E-state index in [9.17, 15) is 0 Å². The lowest BCUT2D eigenvalue weighted by Crippen LogP contribution is -2.46. The van der Waals surface area contributed by atoms with E-state index in [0.29, 0.717) is 6.54 Å². The summed E-state index contributed by atoms with van der Waals surface area (Å²) < 4.78 is 5.00. The van der Waals surface area contributed by atoms with Crippen molar-refractivity contribution in [3.05, 3.63) is 24.2 Å². The molecule has 1 heterocycles. The van der Waals surface area contributed by atoms with E-state index in [-0.39, 0.29) is 5.54 Å². The summed E-state index contributed by atoms with van der Waals surface area (Å²) in [5, 5.41) is 0. The van der Waals surface area contributed by atoms with Crippen LogP contribution in [-0.4, -0.2) is 24.0 Å². The molecule has 0 fully saturated rings. The summed E-state index contributed by atoms with van der Waals surface area (Å²) >= 11 is 0. The molecule has 0 saturated heterocycles. The van der Waals surface area contributed by atoms with Crippen LogP contribution in [0.3, 0.4) is 0 Å². The molecule has 0 radical (unpaired) electrons. The number of rotatable bonds is 4. The molecule has 0 unspecified atom stereocenters. The SMILES string of the molecule is CN(Cc1ccoc1)C(C)(C)CN. The molecule has 2 N–H and O–H groups in total. The van der Waals surface area contributed by atoms with Crippen molar-refractivity contribution in [2.24, 2.45) is 5.73 Å². The number of nitrogens with zero attached hydrogens (tertiary/aromatic N) is 1. The quantitative estimate of drug-likeness (QED) is 0.766. The maximum absolute atomic E-state index is 5.67. The van der Waals surface area contributed by atoms with E-state index in [1.807, 2.05) is 6.07 Å². The van der Waals surface area contributed by atoms with Crippen molar-refractivity contribution in [1.82, 2.24) is 4.90 Å². The smallest absolute Gasteiger partial charge is 0.0947 e. The Balaban J connectivity index is 2.55. The van der Waals surface area contributed by atoms with Gasteiger partial charge in [-0.15, -0.1) is 0 Å². The highest BCUT2D eigenvalue weighted by Crippen LogP contribution is 2.14. The summed E-state index contributed by atoms with van der Waals surface area (Å²) in [6.45, 7) is 5.79. The Hall–Kier alpha value is -0.800. The average Bonchev–Trinajstić information content (AvgIpc) is 2.57. The fraction of sp³-hybridized carbons (Fsp3) is 0.600. The van der Waals surface area contributed by atoms with Crippen LogP contribution < -0.4 is 5.73 Å². The van der Waals surface area contributed by atoms with Crippen LogP contribution in [0.15, 0.2) is 23.0 Å². The van der Waals surface area contributed by atoms with Gasteiger partial charge in [0, 0.05) is 24.2 Å². The molecule has 0 spiro atoms. The number of nitrogens with two attached hydrogens (primary N) is 1. The lowest BCUT2D eigenvalue weighted by atomic mass is 10.0. The van der Waals surface area contributed by atoms with Gasteiger partial charge >= 0.3 is 0 Å². The molecule has 0 saturated carbocycles. The van der Waals surface area contributed by atoms with Crippen LogP contribution in [0.2, 0.25) is 0 Å². The zero-order valence-electron chi connectivity index (χ0n) is 8.58. The van der Waals surface area contributed by atoms with Crippen LogP contribution in [0.4, 0.5) is 0 Å². The van der Waals surface area contributed by atoms with Crippen LogP contribution in [0.25, 0.3) is 0 Å². The molecule has 13 heavy (non-hydrogen) atoms. The normalized spacial score (nSPS) is 12.4. The van der Waals surface area contributed by atoms with E-state index in [1.165, 1.54) is 5.56 Å². The van der Waals surface area contributed by atoms with Crippen molar-refractivity contribution in [1.29, 1.82) is 0 Å². The van der Waals surface area contributed by atoms with Crippen molar-refractivity contribution < 1.29 is 4.42 Å². The maximum atomic E-state index is 5.67. The largest absolute Gasteiger partial charge is 0.472 e. The van der Waals surface area contributed by atoms with Crippen molar-refractivity contribution in [3.63, 3.8) is 0 Å². The van der Waals surface area contributed by atoms with Crippen molar-refractivity contribution in [3.8, 4) is 0 Å². The first kappa shape index (κ1) is 10.3. The van der Waals surface area contributed by atoms with Crippen LogP contribution in [0.5, 0.6) is 0 Å². The molecule has 0 aliphatic rings. The van der Waals surface area contributed by atoms with E-state index in [2.05, 4.69) is 25.8 Å². The molecule has 1 rings (SSSR count). The zero-order chi connectivity index (χ0) is 9.90. The Labute approximate surface area is 79.5 Å². The van der Waals surface area contributed by atoms with Gasteiger partial charge in [-0.1, -0.05) is 0 Å². The van der Waals surface area contributed by atoms with Gasteiger partial charge in [0.25, 0.3) is 0 Å².